The number of hydrogen-bond acceptors (Lipinski definition) is 5. The lowest BCUT2D eigenvalue weighted by Crippen LogP contribution is -2.39. The zero-order chi connectivity index (χ0) is 12.8. The van der Waals surface area contributed by atoms with E-state index in [9.17, 15) is 4.79 Å². The van der Waals surface area contributed by atoms with E-state index >= 15 is 0 Å². The molecule has 0 unspecified atom stereocenters. The monoisotopic (exact) mass is 266 g/mol. The first-order valence-electron chi connectivity index (χ1n) is 6.05. The van der Waals surface area contributed by atoms with Crippen LogP contribution in [0.3, 0.4) is 0 Å². The zero-order valence-electron chi connectivity index (χ0n) is 10.3. The van der Waals surface area contributed by atoms with E-state index in [2.05, 4.69) is 15.2 Å². The second kappa shape index (κ2) is 6.61. The SMILES string of the molecule is Nc1ccncc1C(=O)NCCN1CCSCC1. The van der Waals surface area contributed by atoms with Gasteiger partial charge in [0.15, 0.2) is 0 Å². The molecule has 1 aliphatic heterocycles. The molecule has 1 amide bonds. The van der Waals surface area contributed by atoms with Crippen molar-refractivity contribution in [3.05, 3.63) is 24.0 Å². The van der Waals surface area contributed by atoms with E-state index < -0.39 is 0 Å². The molecule has 2 rings (SSSR count). The molecule has 18 heavy (non-hydrogen) atoms. The number of carbonyl (C=O) groups is 1. The molecule has 0 atom stereocenters. The van der Waals surface area contributed by atoms with E-state index in [-0.39, 0.29) is 5.91 Å². The minimum Gasteiger partial charge on any atom is -0.398 e. The molecular formula is C12H18N4OS. The average molecular weight is 266 g/mol. The lowest BCUT2D eigenvalue weighted by Gasteiger charge is -2.26. The first kappa shape index (κ1) is 13.2. The van der Waals surface area contributed by atoms with Crippen molar-refractivity contribution in [2.24, 2.45) is 0 Å². The van der Waals surface area contributed by atoms with Crippen LogP contribution in [-0.2, 0) is 0 Å². The second-order valence-corrected chi connectivity index (χ2v) is 5.40. The lowest BCUT2D eigenvalue weighted by molar-refractivity contribution is 0.0949. The quantitative estimate of drug-likeness (QED) is 0.827. The number of nitrogens with zero attached hydrogens (tertiary/aromatic N) is 2. The van der Waals surface area contributed by atoms with E-state index in [4.69, 9.17) is 5.73 Å². The highest BCUT2D eigenvalue weighted by Crippen LogP contribution is 2.09. The van der Waals surface area contributed by atoms with E-state index in [0.29, 0.717) is 17.8 Å². The van der Waals surface area contributed by atoms with Crippen LogP contribution in [0.5, 0.6) is 0 Å². The summed E-state index contributed by atoms with van der Waals surface area (Å²) in [5.41, 5.74) is 6.64. The molecule has 1 saturated heterocycles. The Hall–Kier alpha value is -1.27. The number of aromatic nitrogens is 1. The van der Waals surface area contributed by atoms with Gasteiger partial charge in [-0.05, 0) is 6.07 Å². The van der Waals surface area contributed by atoms with Gasteiger partial charge in [0.1, 0.15) is 0 Å². The summed E-state index contributed by atoms with van der Waals surface area (Å²) in [4.78, 5) is 18.1. The van der Waals surface area contributed by atoms with Gasteiger partial charge in [0.05, 0.1) is 5.56 Å². The highest BCUT2D eigenvalue weighted by atomic mass is 32.2. The van der Waals surface area contributed by atoms with Crippen LogP contribution in [0.4, 0.5) is 5.69 Å². The molecule has 1 fully saturated rings. The summed E-state index contributed by atoms with van der Waals surface area (Å²) in [6.45, 7) is 3.76. The van der Waals surface area contributed by atoms with Crippen molar-refractivity contribution >= 4 is 23.4 Å². The molecule has 0 bridgehead atoms. The van der Waals surface area contributed by atoms with E-state index in [0.717, 1.165) is 19.6 Å². The Morgan fingerprint density at radius 1 is 1.50 bits per heavy atom. The number of pyridine rings is 1. The highest BCUT2D eigenvalue weighted by molar-refractivity contribution is 7.99. The largest absolute Gasteiger partial charge is 0.398 e. The molecular weight excluding hydrogens is 248 g/mol. The van der Waals surface area contributed by atoms with E-state index in [1.165, 1.54) is 17.7 Å². The number of nitrogen functional groups attached to an aromatic ring is 1. The molecule has 3 N–H and O–H groups in total. The Kier molecular flexibility index (Phi) is 4.83. The van der Waals surface area contributed by atoms with Crippen molar-refractivity contribution in [1.29, 1.82) is 0 Å². The molecule has 1 aliphatic rings. The zero-order valence-corrected chi connectivity index (χ0v) is 11.1. The third kappa shape index (κ3) is 3.61. The van der Waals surface area contributed by atoms with Gasteiger partial charge in [-0.2, -0.15) is 11.8 Å². The van der Waals surface area contributed by atoms with Gasteiger partial charge < -0.3 is 11.1 Å². The summed E-state index contributed by atoms with van der Waals surface area (Å²) in [7, 11) is 0. The number of nitrogens with two attached hydrogens (primary N) is 1. The van der Waals surface area contributed by atoms with Crippen LogP contribution in [-0.4, -0.2) is 53.5 Å². The first-order chi connectivity index (χ1) is 8.77. The number of carbonyl (C=O) groups excluding carboxylic acids is 1. The molecule has 0 aliphatic carbocycles. The van der Waals surface area contributed by atoms with Crippen LogP contribution < -0.4 is 11.1 Å². The minimum absolute atomic E-state index is 0.146. The normalized spacial score (nSPS) is 16.4. The molecule has 0 saturated carbocycles. The Balaban J connectivity index is 1.76. The van der Waals surface area contributed by atoms with Gasteiger partial charge >= 0.3 is 0 Å². The third-order valence-corrected chi connectivity index (χ3v) is 3.86. The van der Waals surface area contributed by atoms with Gasteiger partial charge in [-0.3, -0.25) is 14.7 Å². The topological polar surface area (TPSA) is 71.2 Å². The smallest absolute Gasteiger partial charge is 0.254 e. The molecule has 2 heterocycles. The number of thioether (sulfide) groups is 1. The molecule has 98 valence electrons. The summed E-state index contributed by atoms with van der Waals surface area (Å²) in [6, 6.07) is 1.64. The number of nitrogens with one attached hydrogen (secondary N) is 1. The molecule has 0 radical (unpaired) electrons. The number of anilines is 1. The lowest BCUT2D eigenvalue weighted by atomic mass is 10.2. The predicted molar refractivity (Wildman–Crippen MR) is 74.7 cm³/mol. The van der Waals surface area contributed by atoms with Crippen molar-refractivity contribution in [2.75, 3.05) is 43.4 Å². The van der Waals surface area contributed by atoms with Gasteiger partial charge in [-0.25, -0.2) is 0 Å². The molecule has 0 spiro atoms. The van der Waals surface area contributed by atoms with Crippen LogP contribution in [0.15, 0.2) is 18.5 Å². The fourth-order valence-electron chi connectivity index (χ4n) is 1.84. The average Bonchev–Trinajstić information content (AvgIpc) is 2.40. The van der Waals surface area contributed by atoms with Gasteiger partial charge in [0.25, 0.3) is 5.91 Å². The summed E-state index contributed by atoms with van der Waals surface area (Å²) in [6.07, 6.45) is 3.08. The molecule has 1 aromatic rings. The van der Waals surface area contributed by atoms with Gasteiger partial charge in [-0.1, -0.05) is 0 Å². The number of amides is 1. The molecule has 0 aromatic carbocycles. The van der Waals surface area contributed by atoms with Crippen LogP contribution in [0.25, 0.3) is 0 Å². The van der Waals surface area contributed by atoms with Crippen molar-refractivity contribution in [1.82, 2.24) is 15.2 Å². The van der Waals surface area contributed by atoms with Crippen LogP contribution in [0.1, 0.15) is 10.4 Å². The third-order valence-electron chi connectivity index (χ3n) is 2.92. The van der Waals surface area contributed by atoms with Crippen LogP contribution >= 0.6 is 11.8 Å². The summed E-state index contributed by atoms with van der Waals surface area (Å²) < 4.78 is 0. The van der Waals surface area contributed by atoms with Crippen molar-refractivity contribution < 1.29 is 4.79 Å². The van der Waals surface area contributed by atoms with Crippen LogP contribution in [0, 0.1) is 0 Å². The van der Waals surface area contributed by atoms with Gasteiger partial charge in [0, 0.05) is 55.8 Å². The first-order valence-corrected chi connectivity index (χ1v) is 7.20. The Morgan fingerprint density at radius 3 is 3.00 bits per heavy atom. The summed E-state index contributed by atoms with van der Waals surface area (Å²) >= 11 is 1.98. The Bertz CT molecular complexity index is 407. The Labute approximate surface area is 111 Å². The standard InChI is InChI=1S/C12H18N4OS/c13-11-1-2-14-9-10(11)12(17)15-3-4-16-5-7-18-8-6-16/h1-2,9H,3-8H2,(H2,13,14)(H,15,17). The number of hydrogen-bond donors (Lipinski definition) is 2. The maximum absolute atomic E-state index is 11.9. The van der Waals surface area contributed by atoms with Gasteiger partial charge in [0.2, 0.25) is 0 Å². The minimum atomic E-state index is -0.146. The summed E-state index contributed by atoms with van der Waals surface area (Å²) in [5, 5.41) is 2.88. The maximum Gasteiger partial charge on any atom is 0.254 e. The van der Waals surface area contributed by atoms with Gasteiger partial charge in [-0.15, -0.1) is 0 Å². The second-order valence-electron chi connectivity index (χ2n) is 4.17. The van der Waals surface area contributed by atoms with Crippen molar-refractivity contribution in [3.63, 3.8) is 0 Å². The summed E-state index contributed by atoms with van der Waals surface area (Å²) in [5.74, 6) is 2.22. The van der Waals surface area contributed by atoms with Crippen molar-refractivity contribution in [3.8, 4) is 0 Å². The fraction of sp³-hybridized carbons (Fsp3) is 0.500. The number of rotatable bonds is 4. The predicted octanol–water partition coefficient (Wildman–Crippen LogP) is 0.442. The maximum atomic E-state index is 11.9. The van der Waals surface area contributed by atoms with E-state index in [1.807, 2.05) is 11.8 Å². The molecule has 1 aromatic heterocycles. The van der Waals surface area contributed by atoms with Crippen LogP contribution in [0.2, 0.25) is 0 Å². The fourth-order valence-corrected chi connectivity index (χ4v) is 2.82. The highest BCUT2D eigenvalue weighted by Gasteiger charge is 2.12. The molecule has 6 heteroatoms. The molecule has 5 nitrogen and oxygen atoms in total. The van der Waals surface area contributed by atoms with E-state index in [1.54, 1.807) is 12.3 Å². The Morgan fingerprint density at radius 2 is 2.28 bits per heavy atom. The van der Waals surface area contributed by atoms with Crippen molar-refractivity contribution in [2.45, 2.75) is 0 Å².